The zero-order chi connectivity index (χ0) is 6.74. The van der Waals surface area contributed by atoms with Gasteiger partial charge in [0, 0.05) is 0 Å². The lowest BCUT2D eigenvalue weighted by molar-refractivity contribution is -0.334. The molecule has 1 fully saturated rings. The van der Waals surface area contributed by atoms with Crippen LogP contribution in [0.3, 0.4) is 0 Å². The highest BCUT2D eigenvalue weighted by Crippen LogP contribution is 2.28. The van der Waals surface area contributed by atoms with Gasteiger partial charge in [0.15, 0.2) is 0 Å². The third-order valence-corrected chi connectivity index (χ3v) is 1.91. The molecule has 0 amide bonds. The Balaban J connectivity index is 2.37. The summed E-state index contributed by atoms with van der Waals surface area (Å²) in [6.07, 6.45) is 2.08. The first-order valence-electron chi connectivity index (χ1n) is 3.37. The van der Waals surface area contributed by atoms with Gasteiger partial charge >= 0.3 is 0 Å². The minimum atomic E-state index is 0.123. The Morgan fingerprint density at radius 1 is 1.56 bits per heavy atom. The van der Waals surface area contributed by atoms with E-state index in [4.69, 9.17) is 9.78 Å². The van der Waals surface area contributed by atoms with Crippen molar-refractivity contribution in [3.05, 3.63) is 6.92 Å². The van der Waals surface area contributed by atoms with Gasteiger partial charge in [0.05, 0.1) is 13.2 Å². The highest BCUT2D eigenvalue weighted by atomic mass is 17.2. The Kier molecular flexibility index (Phi) is 2.09. The van der Waals surface area contributed by atoms with Crippen LogP contribution in [-0.4, -0.2) is 13.2 Å². The van der Waals surface area contributed by atoms with E-state index in [-0.39, 0.29) is 5.41 Å². The quantitative estimate of drug-likeness (QED) is 0.500. The molecule has 1 heterocycles. The molecule has 0 aromatic rings. The zero-order valence-electron chi connectivity index (χ0n) is 5.85. The van der Waals surface area contributed by atoms with Gasteiger partial charge in [-0.25, -0.2) is 9.78 Å². The van der Waals surface area contributed by atoms with Gasteiger partial charge in [0.25, 0.3) is 0 Å². The van der Waals surface area contributed by atoms with Gasteiger partial charge in [0.1, 0.15) is 0 Å². The highest BCUT2D eigenvalue weighted by molar-refractivity contribution is 4.80. The van der Waals surface area contributed by atoms with Crippen molar-refractivity contribution in [2.24, 2.45) is 5.41 Å². The van der Waals surface area contributed by atoms with E-state index >= 15 is 0 Å². The summed E-state index contributed by atoms with van der Waals surface area (Å²) in [7, 11) is 0. The van der Waals surface area contributed by atoms with E-state index in [1.165, 1.54) is 0 Å². The largest absolute Gasteiger partial charge is 0.237 e. The monoisotopic (exact) mass is 129 g/mol. The minimum absolute atomic E-state index is 0.123. The summed E-state index contributed by atoms with van der Waals surface area (Å²) in [6.45, 7) is 7.50. The van der Waals surface area contributed by atoms with Crippen LogP contribution in [0.5, 0.6) is 0 Å². The number of hydrogen-bond acceptors (Lipinski definition) is 2. The molecule has 0 aliphatic carbocycles. The molecule has 1 rings (SSSR count). The van der Waals surface area contributed by atoms with E-state index in [1.807, 2.05) is 0 Å². The highest BCUT2D eigenvalue weighted by Gasteiger charge is 2.26. The maximum absolute atomic E-state index is 4.81. The maximum atomic E-state index is 4.81. The SMILES string of the molecule is [CH2]C1(CC)CCOOC1. The fourth-order valence-electron chi connectivity index (χ4n) is 0.835. The molecule has 9 heavy (non-hydrogen) atoms. The van der Waals surface area contributed by atoms with Crippen molar-refractivity contribution in [2.75, 3.05) is 13.2 Å². The first-order valence-corrected chi connectivity index (χ1v) is 3.37. The summed E-state index contributed by atoms with van der Waals surface area (Å²) in [5.74, 6) is 0. The lowest BCUT2D eigenvalue weighted by atomic mass is 9.85. The van der Waals surface area contributed by atoms with Gasteiger partial charge in [-0.2, -0.15) is 0 Å². The van der Waals surface area contributed by atoms with Crippen molar-refractivity contribution >= 4 is 0 Å². The molecule has 1 atom stereocenters. The molecule has 1 unspecified atom stereocenters. The molecule has 2 heteroatoms. The standard InChI is InChI=1S/C7H13O2/c1-3-7(2)4-5-8-9-6-7/h2-6H2,1H3. The summed E-state index contributed by atoms with van der Waals surface area (Å²) < 4.78 is 0. The van der Waals surface area contributed by atoms with Crippen molar-refractivity contribution in [1.82, 2.24) is 0 Å². The van der Waals surface area contributed by atoms with Crippen molar-refractivity contribution in [3.63, 3.8) is 0 Å². The third kappa shape index (κ3) is 1.66. The fourth-order valence-corrected chi connectivity index (χ4v) is 0.835. The van der Waals surface area contributed by atoms with Crippen LogP contribution in [0.2, 0.25) is 0 Å². The van der Waals surface area contributed by atoms with Gasteiger partial charge in [-0.05, 0) is 25.2 Å². The summed E-state index contributed by atoms with van der Waals surface area (Å²) in [5.41, 5.74) is 0.123. The molecule has 2 nitrogen and oxygen atoms in total. The van der Waals surface area contributed by atoms with E-state index in [9.17, 15) is 0 Å². The van der Waals surface area contributed by atoms with E-state index in [2.05, 4.69) is 13.8 Å². The van der Waals surface area contributed by atoms with Crippen LogP contribution < -0.4 is 0 Å². The van der Waals surface area contributed by atoms with Gasteiger partial charge < -0.3 is 0 Å². The van der Waals surface area contributed by atoms with E-state index in [0.717, 1.165) is 12.8 Å². The second-order valence-electron chi connectivity index (χ2n) is 2.69. The van der Waals surface area contributed by atoms with Crippen molar-refractivity contribution < 1.29 is 9.78 Å². The predicted molar refractivity (Wildman–Crippen MR) is 34.6 cm³/mol. The van der Waals surface area contributed by atoms with Gasteiger partial charge in [-0.15, -0.1) is 0 Å². The maximum Gasteiger partial charge on any atom is 0.0879 e. The van der Waals surface area contributed by atoms with Gasteiger partial charge in [0.2, 0.25) is 0 Å². The van der Waals surface area contributed by atoms with Crippen molar-refractivity contribution in [3.8, 4) is 0 Å². The fraction of sp³-hybridized carbons (Fsp3) is 0.857. The van der Waals surface area contributed by atoms with Crippen LogP contribution >= 0.6 is 0 Å². The summed E-state index contributed by atoms with van der Waals surface area (Å²) >= 11 is 0. The van der Waals surface area contributed by atoms with Crippen LogP contribution in [0.1, 0.15) is 19.8 Å². The van der Waals surface area contributed by atoms with E-state index in [0.29, 0.717) is 13.2 Å². The number of hydrogen-bond donors (Lipinski definition) is 0. The molecule has 1 radical (unpaired) electrons. The van der Waals surface area contributed by atoms with Crippen LogP contribution in [0.25, 0.3) is 0 Å². The molecule has 53 valence electrons. The summed E-state index contributed by atoms with van der Waals surface area (Å²) in [4.78, 5) is 9.54. The van der Waals surface area contributed by atoms with Crippen LogP contribution in [-0.2, 0) is 9.78 Å². The zero-order valence-corrected chi connectivity index (χ0v) is 5.85. The van der Waals surface area contributed by atoms with Crippen molar-refractivity contribution in [2.45, 2.75) is 19.8 Å². The van der Waals surface area contributed by atoms with Crippen molar-refractivity contribution in [1.29, 1.82) is 0 Å². The normalized spacial score (nSPS) is 36.7. The molecule has 1 saturated heterocycles. The molecule has 1 aliphatic heterocycles. The number of rotatable bonds is 1. The predicted octanol–water partition coefficient (Wildman–Crippen LogP) is 1.57. The van der Waals surface area contributed by atoms with E-state index in [1.54, 1.807) is 0 Å². The lowest BCUT2D eigenvalue weighted by Crippen LogP contribution is -2.29. The van der Waals surface area contributed by atoms with Crippen LogP contribution in [0.15, 0.2) is 0 Å². The van der Waals surface area contributed by atoms with Gasteiger partial charge in [-0.3, -0.25) is 0 Å². The molecule has 0 N–H and O–H groups in total. The van der Waals surface area contributed by atoms with E-state index < -0.39 is 0 Å². The molecular weight excluding hydrogens is 116 g/mol. The Labute approximate surface area is 56.1 Å². The average Bonchev–Trinajstić information content (AvgIpc) is 1.90. The molecule has 0 aromatic heterocycles. The van der Waals surface area contributed by atoms with Crippen LogP contribution in [0, 0.1) is 12.3 Å². The molecule has 0 aromatic carbocycles. The Hall–Kier alpha value is -0.0800. The molecule has 0 bridgehead atoms. The third-order valence-electron chi connectivity index (χ3n) is 1.91. The van der Waals surface area contributed by atoms with Crippen LogP contribution in [0.4, 0.5) is 0 Å². The molecular formula is C7H13O2. The molecule has 1 aliphatic rings. The Morgan fingerprint density at radius 3 is 2.67 bits per heavy atom. The summed E-state index contributed by atoms with van der Waals surface area (Å²) in [5, 5.41) is 0. The van der Waals surface area contributed by atoms with Gasteiger partial charge in [-0.1, -0.05) is 6.92 Å². The smallest absolute Gasteiger partial charge is 0.0879 e. The first-order chi connectivity index (χ1) is 4.27. The second-order valence-corrected chi connectivity index (χ2v) is 2.69. The molecule has 0 saturated carbocycles. The minimum Gasteiger partial charge on any atom is -0.237 e. The summed E-state index contributed by atoms with van der Waals surface area (Å²) in [6, 6.07) is 0. The lowest BCUT2D eigenvalue weighted by Gasteiger charge is -2.30. The topological polar surface area (TPSA) is 18.5 Å². The second kappa shape index (κ2) is 2.67. The first kappa shape index (κ1) is 7.03. The Bertz CT molecular complexity index is 84.9. The average molecular weight is 129 g/mol. The Morgan fingerprint density at radius 2 is 2.33 bits per heavy atom. The molecule has 0 spiro atoms.